The zero-order valence-electron chi connectivity index (χ0n) is 13.4. The lowest BCUT2D eigenvalue weighted by Gasteiger charge is -2.31. The number of benzene rings is 2. The lowest BCUT2D eigenvalue weighted by Crippen LogP contribution is -2.36. The Morgan fingerprint density at radius 3 is 2.38 bits per heavy atom. The molecule has 0 bridgehead atoms. The van der Waals surface area contributed by atoms with E-state index in [1.54, 1.807) is 18.2 Å². The van der Waals surface area contributed by atoms with Crippen LogP contribution in [0.1, 0.15) is 18.4 Å². The fourth-order valence-electron chi connectivity index (χ4n) is 2.95. The average Bonchev–Trinajstić information content (AvgIpc) is 2.59. The third-order valence-electron chi connectivity index (χ3n) is 4.37. The molecular weight excluding hydrogens is 328 g/mol. The van der Waals surface area contributed by atoms with E-state index in [4.69, 9.17) is 0 Å². The summed E-state index contributed by atoms with van der Waals surface area (Å²) in [7, 11) is 0. The van der Waals surface area contributed by atoms with Crippen LogP contribution in [-0.2, 0) is 6.42 Å². The van der Waals surface area contributed by atoms with Crippen molar-refractivity contribution in [2.75, 3.05) is 19.6 Å². The van der Waals surface area contributed by atoms with Gasteiger partial charge in [-0.3, -0.25) is 0 Å². The minimum atomic E-state index is -0.786. The van der Waals surface area contributed by atoms with Crippen molar-refractivity contribution >= 4 is 11.8 Å². The quantitative estimate of drug-likeness (QED) is 0.861. The third kappa shape index (κ3) is 4.71. The standard InChI is InChI=1S/C19H21F2NOS/c20-18-6-1-14(13-19(18)21)7-10-22-11-8-17(9-12-22)24-16-4-2-15(23)3-5-16/h1-6,13,17,23H,7-12H2. The van der Waals surface area contributed by atoms with Crippen LogP contribution in [0.2, 0.25) is 0 Å². The molecule has 0 amide bonds. The molecule has 2 aromatic rings. The van der Waals surface area contributed by atoms with Crippen LogP contribution in [0.15, 0.2) is 47.4 Å². The topological polar surface area (TPSA) is 23.5 Å². The number of phenolic OH excluding ortho intramolecular Hbond substituents is 1. The van der Waals surface area contributed by atoms with Crippen molar-refractivity contribution in [3.63, 3.8) is 0 Å². The highest BCUT2D eigenvalue weighted by Gasteiger charge is 2.20. The largest absolute Gasteiger partial charge is 0.508 e. The van der Waals surface area contributed by atoms with Gasteiger partial charge in [-0.15, -0.1) is 11.8 Å². The first-order valence-electron chi connectivity index (χ1n) is 8.22. The van der Waals surface area contributed by atoms with Crippen LogP contribution >= 0.6 is 11.8 Å². The van der Waals surface area contributed by atoms with Gasteiger partial charge in [0, 0.05) is 16.7 Å². The monoisotopic (exact) mass is 349 g/mol. The molecule has 5 heteroatoms. The van der Waals surface area contributed by atoms with E-state index in [-0.39, 0.29) is 0 Å². The number of halogens is 2. The summed E-state index contributed by atoms with van der Waals surface area (Å²) < 4.78 is 26.2. The lowest BCUT2D eigenvalue weighted by atomic mass is 10.1. The Bertz CT molecular complexity index is 670. The number of hydrogen-bond donors (Lipinski definition) is 1. The summed E-state index contributed by atoms with van der Waals surface area (Å²) in [6, 6.07) is 11.5. The molecule has 0 aliphatic carbocycles. The number of phenols is 1. The van der Waals surface area contributed by atoms with Crippen LogP contribution in [0.5, 0.6) is 5.75 Å². The van der Waals surface area contributed by atoms with Gasteiger partial charge in [0.25, 0.3) is 0 Å². The number of hydrogen-bond acceptors (Lipinski definition) is 3. The van der Waals surface area contributed by atoms with E-state index in [2.05, 4.69) is 4.90 Å². The van der Waals surface area contributed by atoms with Gasteiger partial charge in [0.2, 0.25) is 0 Å². The number of nitrogens with zero attached hydrogens (tertiary/aromatic N) is 1. The first-order valence-corrected chi connectivity index (χ1v) is 9.10. The molecule has 1 aliphatic heterocycles. The zero-order chi connectivity index (χ0) is 16.9. The van der Waals surface area contributed by atoms with E-state index >= 15 is 0 Å². The van der Waals surface area contributed by atoms with Gasteiger partial charge in [-0.2, -0.15) is 0 Å². The molecule has 0 atom stereocenters. The molecule has 1 aliphatic rings. The van der Waals surface area contributed by atoms with Gasteiger partial charge in [-0.25, -0.2) is 8.78 Å². The Kier molecular flexibility index (Phi) is 5.74. The molecular formula is C19H21F2NOS. The van der Waals surface area contributed by atoms with Crippen molar-refractivity contribution < 1.29 is 13.9 Å². The second kappa shape index (κ2) is 7.99. The maximum atomic E-state index is 13.2. The Morgan fingerprint density at radius 2 is 1.71 bits per heavy atom. The van der Waals surface area contributed by atoms with Crippen LogP contribution in [0.25, 0.3) is 0 Å². The van der Waals surface area contributed by atoms with E-state index in [1.165, 1.54) is 17.0 Å². The fraction of sp³-hybridized carbons (Fsp3) is 0.368. The first kappa shape index (κ1) is 17.2. The zero-order valence-corrected chi connectivity index (χ0v) is 14.2. The van der Waals surface area contributed by atoms with Crippen LogP contribution in [0.4, 0.5) is 8.78 Å². The smallest absolute Gasteiger partial charge is 0.159 e. The van der Waals surface area contributed by atoms with Crippen molar-refractivity contribution in [2.24, 2.45) is 0 Å². The van der Waals surface area contributed by atoms with E-state index in [1.807, 2.05) is 23.9 Å². The van der Waals surface area contributed by atoms with E-state index in [0.29, 0.717) is 11.0 Å². The second-order valence-electron chi connectivity index (χ2n) is 6.15. The molecule has 0 spiro atoms. The second-order valence-corrected chi connectivity index (χ2v) is 7.52. The normalized spacial score (nSPS) is 16.4. The van der Waals surface area contributed by atoms with Crippen molar-refractivity contribution in [2.45, 2.75) is 29.4 Å². The molecule has 0 saturated carbocycles. The van der Waals surface area contributed by atoms with Gasteiger partial charge in [-0.05, 0) is 74.3 Å². The predicted molar refractivity (Wildman–Crippen MR) is 93.5 cm³/mol. The summed E-state index contributed by atoms with van der Waals surface area (Å²) in [6.45, 7) is 2.93. The molecule has 128 valence electrons. The van der Waals surface area contributed by atoms with Crippen molar-refractivity contribution in [1.29, 1.82) is 0 Å². The van der Waals surface area contributed by atoms with Gasteiger partial charge in [0.05, 0.1) is 0 Å². The van der Waals surface area contributed by atoms with Crippen molar-refractivity contribution in [3.8, 4) is 5.75 Å². The van der Waals surface area contributed by atoms with Crippen LogP contribution < -0.4 is 0 Å². The molecule has 1 saturated heterocycles. The Balaban J connectivity index is 1.43. The van der Waals surface area contributed by atoms with Gasteiger partial charge in [0.15, 0.2) is 11.6 Å². The predicted octanol–water partition coefficient (Wildman–Crippen LogP) is 4.47. The Labute approximate surface area is 145 Å². The van der Waals surface area contributed by atoms with Crippen LogP contribution in [0.3, 0.4) is 0 Å². The Morgan fingerprint density at radius 1 is 1.00 bits per heavy atom. The van der Waals surface area contributed by atoms with E-state index < -0.39 is 11.6 Å². The van der Waals surface area contributed by atoms with Gasteiger partial charge in [-0.1, -0.05) is 6.07 Å². The number of piperidine rings is 1. The SMILES string of the molecule is Oc1ccc(SC2CCN(CCc3ccc(F)c(F)c3)CC2)cc1. The molecule has 3 rings (SSSR count). The van der Waals surface area contributed by atoms with E-state index in [0.717, 1.165) is 44.5 Å². The van der Waals surface area contributed by atoms with Crippen molar-refractivity contribution in [1.82, 2.24) is 4.90 Å². The minimum absolute atomic E-state index is 0.298. The molecule has 2 aromatic carbocycles. The van der Waals surface area contributed by atoms with Gasteiger partial charge >= 0.3 is 0 Å². The third-order valence-corrected chi connectivity index (χ3v) is 5.72. The summed E-state index contributed by atoms with van der Waals surface area (Å²) in [5.41, 5.74) is 0.842. The summed E-state index contributed by atoms with van der Waals surface area (Å²) in [4.78, 5) is 3.57. The highest BCUT2D eigenvalue weighted by atomic mass is 32.2. The molecule has 1 N–H and O–H groups in total. The number of rotatable bonds is 5. The molecule has 0 unspecified atom stereocenters. The molecule has 1 fully saturated rings. The maximum Gasteiger partial charge on any atom is 0.159 e. The van der Waals surface area contributed by atoms with Gasteiger partial charge in [0.1, 0.15) is 5.75 Å². The number of likely N-dealkylation sites (tertiary alicyclic amines) is 1. The first-order chi connectivity index (χ1) is 11.6. The summed E-state index contributed by atoms with van der Waals surface area (Å²) in [5, 5.41) is 9.91. The summed E-state index contributed by atoms with van der Waals surface area (Å²) in [5.74, 6) is -1.26. The van der Waals surface area contributed by atoms with Crippen LogP contribution in [-0.4, -0.2) is 34.9 Å². The Hall–Kier alpha value is -1.59. The summed E-state index contributed by atoms with van der Waals surface area (Å²) in [6.07, 6.45) is 2.97. The van der Waals surface area contributed by atoms with Crippen molar-refractivity contribution in [3.05, 3.63) is 59.7 Å². The minimum Gasteiger partial charge on any atom is -0.508 e. The highest BCUT2D eigenvalue weighted by molar-refractivity contribution is 8.00. The number of aromatic hydroxyl groups is 1. The van der Waals surface area contributed by atoms with Gasteiger partial charge < -0.3 is 10.0 Å². The molecule has 24 heavy (non-hydrogen) atoms. The van der Waals surface area contributed by atoms with E-state index in [9.17, 15) is 13.9 Å². The molecule has 1 heterocycles. The highest BCUT2D eigenvalue weighted by Crippen LogP contribution is 2.31. The van der Waals surface area contributed by atoms with Crippen LogP contribution in [0, 0.1) is 11.6 Å². The fourth-order valence-corrected chi connectivity index (χ4v) is 4.07. The molecule has 0 radical (unpaired) electrons. The molecule has 0 aromatic heterocycles. The summed E-state index contributed by atoms with van der Waals surface area (Å²) >= 11 is 1.86. The average molecular weight is 349 g/mol. The lowest BCUT2D eigenvalue weighted by molar-refractivity contribution is 0.235. The molecule has 2 nitrogen and oxygen atoms in total. The maximum absolute atomic E-state index is 13.2. The number of thioether (sulfide) groups is 1.